The number of H-pyrrole nitrogens is 1. The van der Waals surface area contributed by atoms with Crippen LogP contribution in [0.15, 0.2) is 24.5 Å². The van der Waals surface area contributed by atoms with Crippen LogP contribution in [0.2, 0.25) is 5.02 Å². The number of benzene rings is 1. The van der Waals surface area contributed by atoms with Crippen molar-refractivity contribution in [2.24, 2.45) is 0 Å². The van der Waals surface area contributed by atoms with Crippen molar-refractivity contribution in [3.8, 4) is 5.75 Å². The van der Waals surface area contributed by atoms with Gasteiger partial charge in [0.25, 0.3) is 5.91 Å². The van der Waals surface area contributed by atoms with Gasteiger partial charge in [0.15, 0.2) is 17.3 Å². The molecule has 0 saturated carbocycles. The number of ketones is 1. The summed E-state index contributed by atoms with van der Waals surface area (Å²) >= 11 is 6.10. The number of hydrogen-bond donors (Lipinski definition) is 3. The number of methoxy groups -OCH3 is 2. The second kappa shape index (κ2) is 7.26. The summed E-state index contributed by atoms with van der Waals surface area (Å²) in [5.41, 5.74) is 0.496. The third-order valence-electron chi connectivity index (χ3n) is 5.04. The normalized spacial score (nSPS) is 18.0. The zero-order chi connectivity index (χ0) is 21.6. The fourth-order valence-corrected chi connectivity index (χ4v) is 3.73. The van der Waals surface area contributed by atoms with Crippen LogP contribution in [0.4, 0.5) is 15.8 Å². The Balaban J connectivity index is 1.87. The Morgan fingerprint density at radius 2 is 2.07 bits per heavy atom. The van der Waals surface area contributed by atoms with Gasteiger partial charge >= 0.3 is 0 Å². The lowest BCUT2D eigenvalue weighted by atomic mass is 9.96. The average molecular weight is 433 g/mol. The van der Waals surface area contributed by atoms with Crippen molar-refractivity contribution in [3.05, 3.63) is 46.5 Å². The number of aromatic nitrogens is 2. The molecule has 1 aromatic carbocycles. The van der Waals surface area contributed by atoms with Gasteiger partial charge in [0, 0.05) is 18.9 Å². The van der Waals surface area contributed by atoms with E-state index in [1.54, 1.807) is 6.92 Å². The van der Waals surface area contributed by atoms with Gasteiger partial charge in [-0.25, -0.2) is 9.37 Å². The summed E-state index contributed by atoms with van der Waals surface area (Å²) in [6.45, 7) is 1.79. The molecular weight excluding hydrogens is 415 g/mol. The van der Waals surface area contributed by atoms with Crippen molar-refractivity contribution in [2.75, 3.05) is 31.5 Å². The molecule has 30 heavy (non-hydrogen) atoms. The third-order valence-corrected chi connectivity index (χ3v) is 5.41. The number of anilines is 2. The zero-order valence-corrected chi connectivity index (χ0v) is 17.1. The number of nitrogens with zero attached hydrogens (tertiary/aromatic N) is 1. The highest BCUT2D eigenvalue weighted by atomic mass is 35.5. The van der Waals surface area contributed by atoms with E-state index in [0.717, 1.165) is 0 Å². The Bertz CT molecular complexity index is 1200. The van der Waals surface area contributed by atoms with Gasteiger partial charge in [-0.1, -0.05) is 11.6 Å². The average Bonchev–Trinajstić information content (AvgIpc) is 3.15. The number of fused-ring (bicyclic) bond motifs is 3. The largest absolute Gasteiger partial charge is 0.494 e. The van der Waals surface area contributed by atoms with Crippen LogP contribution >= 0.6 is 11.6 Å². The van der Waals surface area contributed by atoms with Crippen molar-refractivity contribution in [3.63, 3.8) is 0 Å². The molecule has 10 heteroatoms. The predicted molar refractivity (Wildman–Crippen MR) is 110 cm³/mol. The Morgan fingerprint density at radius 3 is 2.77 bits per heavy atom. The lowest BCUT2D eigenvalue weighted by molar-refractivity contribution is -0.121. The maximum absolute atomic E-state index is 14.4. The Labute approximate surface area is 175 Å². The maximum atomic E-state index is 14.4. The molecule has 156 valence electrons. The van der Waals surface area contributed by atoms with E-state index >= 15 is 0 Å². The molecule has 1 aliphatic heterocycles. The second-order valence-electron chi connectivity index (χ2n) is 7.09. The van der Waals surface area contributed by atoms with Gasteiger partial charge in [0.1, 0.15) is 11.2 Å². The van der Waals surface area contributed by atoms with Crippen molar-refractivity contribution in [1.29, 1.82) is 0 Å². The molecule has 0 spiro atoms. The lowest BCUT2D eigenvalue weighted by Gasteiger charge is -2.35. The minimum Gasteiger partial charge on any atom is -0.494 e. The number of carbonyl (C=O) groups excluding carboxylic acids is 2. The number of nitrogens with one attached hydrogen (secondary N) is 3. The molecule has 3 heterocycles. The first-order chi connectivity index (χ1) is 14.3. The van der Waals surface area contributed by atoms with E-state index in [0.29, 0.717) is 22.4 Å². The summed E-state index contributed by atoms with van der Waals surface area (Å²) in [6.07, 6.45) is 2.96. The Morgan fingerprint density at radius 1 is 1.30 bits per heavy atom. The monoisotopic (exact) mass is 432 g/mol. The van der Waals surface area contributed by atoms with Crippen LogP contribution < -0.4 is 15.4 Å². The van der Waals surface area contributed by atoms with Gasteiger partial charge in [-0.05, 0) is 19.1 Å². The molecular formula is C20H18ClFN4O4. The van der Waals surface area contributed by atoms with Crippen LogP contribution in [-0.2, 0) is 9.53 Å². The fourth-order valence-electron chi connectivity index (χ4n) is 3.49. The number of amides is 1. The number of ether oxygens (including phenoxy) is 2. The molecule has 0 fully saturated rings. The van der Waals surface area contributed by atoms with Crippen LogP contribution in [0, 0.1) is 5.82 Å². The molecule has 1 atom stereocenters. The molecule has 0 bridgehead atoms. The summed E-state index contributed by atoms with van der Waals surface area (Å²) in [5, 5.41) is 6.07. The van der Waals surface area contributed by atoms with Gasteiger partial charge in [-0.3, -0.25) is 9.59 Å². The van der Waals surface area contributed by atoms with Crippen molar-refractivity contribution in [2.45, 2.75) is 12.5 Å². The summed E-state index contributed by atoms with van der Waals surface area (Å²) in [7, 11) is 2.80. The maximum Gasteiger partial charge on any atom is 0.252 e. The minimum atomic E-state index is -1.06. The molecule has 3 N–H and O–H groups in total. The van der Waals surface area contributed by atoms with E-state index in [9.17, 15) is 14.0 Å². The molecule has 4 rings (SSSR count). The second-order valence-corrected chi connectivity index (χ2v) is 7.47. The summed E-state index contributed by atoms with van der Waals surface area (Å²) in [6, 6.07) is 2.74. The van der Waals surface area contributed by atoms with E-state index < -0.39 is 17.1 Å². The number of aromatic amines is 1. The summed E-state index contributed by atoms with van der Waals surface area (Å²) in [5.74, 6) is -1.67. The van der Waals surface area contributed by atoms with E-state index in [1.807, 2.05) is 0 Å². The highest BCUT2D eigenvalue weighted by molar-refractivity contribution is 6.36. The first-order valence-corrected chi connectivity index (χ1v) is 9.34. The summed E-state index contributed by atoms with van der Waals surface area (Å²) in [4.78, 5) is 33.0. The van der Waals surface area contributed by atoms with E-state index in [4.69, 9.17) is 21.1 Å². The van der Waals surface area contributed by atoms with Gasteiger partial charge < -0.3 is 25.1 Å². The molecule has 0 aliphatic carbocycles. The van der Waals surface area contributed by atoms with Crippen LogP contribution in [-0.4, -0.2) is 48.0 Å². The van der Waals surface area contributed by atoms with Crippen LogP contribution in [0.1, 0.15) is 22.8 Å². The van der Waals surface area contributed by atoms with Gasteiger partial charge in [0.2, 0.25) is 0 Å². The standard InChI is InChI=1S/C20H18ClFN4O4/c1-20(8-29-2)19(28)25-11-7-24-18-13(16(11)26-20)10(6-23-18)17(27)9-4-5-12(30-3)15(22)14(9)21/h4-7,26H,8H2,1-3H3,(H,23,24)(H,25,28). The van der Waals surface area contributed by atoms with Crippen LogP contribution in [0.25, 0.3) is 11.0 Å². The van der Waals surface area contributed by atoms with E-state index in [-0.39, 0.29) is 34.4 Å². The summed E-state index contributed by atoms with van der Waals surface area (Å²) < 4.78 is 24.5. The predicted octanol–water partition coefficient (Wildman–Crippen LogP) is 3.36. The zero-order valence-electron chi connectivity index (χ0n) is 16.4. The van der Waals surface area contributed by atoms with E-state index in [2.05, 4.69) is 20.6 Å². The number of pyridine rings is 1. The molecule has 2 aromatic heterocycles. The third kappa shape index (κ3) is 2.98. The van der Waals surface area contributed by atoms with Crippen LogP contribution in [0.5, 0.6) is 5.75 Å². The first kappa shape index (κ1) is 20.1. The van der Waals surface area contributed by atoms with Crippen LogP contribution in [0.3, 0.4) is 0 Å². The van der Waals surface area contributed by atoms with E-state index in [1.165, 1.54) is 38.7 Å². The SMILES string of the molecule is COCC1(C)Nc2c(cnc3[nH]cc(C(=O)c4ccc(OC)c(F)c4Cl)c23)NC1=O. The lowest BCUT2D eigenvalue weighted by Crippen LogP contribution is -2.53. The van der Waals surface area contributed by atoms with Gasteiger partial charge in [-0.15, -0.1) is 0 Å². The van der Waals surface area contributed by atoms with Gasteiger partial charge in [-0.2, -0.15) is 0 Å². The molecule has 8 nitrogen and oxygen atoms in total. The highest BCUT2D eigenvalue weighted by Crippen LogP contribution is 2.39. The van der Waals surface area contributed by atoms with Crippen molar-refractivity contribution < 1.29 is 23.5 Å². The molecule has 0 radical (unpaired) electrons. The molecule has 1 amide bonds. The Kier molecular flexibility index (Phi) is 4.87. The number of hydrogen-bond acceptors (Lipinski definition) is 6. The molecule has 0 saturated heterocycles. The number of halogens is 2. The molecule has 3 aromatic rings. The minimum absolute atomic E-state index is 0.0204. The Hall–Kier alpha value is -3.17. The highest BCUT2D eigenvalue weighted by Gasteiger charge is 2.39. The number of rotatable bonds is 5. The van der Waals surface area contributed by atoms with Crippen molar-refractivity contribution >= 4 is 45.7 Å². The quantitative estimate of drug-likeness (QED) is 0.534. The number of carbonyl (C=O) groups is 2. The molecule has 1 unspecified atom stereocenters. The molecule has 1 aliphatic rings. The first-order valence-electron chi connectivity index (χ1n) is 8.96. The van der Waals surface area contributed by atoms with Crippen molar-refractivity contribution in [1.82, 2.24) is 9.97 Å². The topological polar surface area (TPSA) is 105 Å². The van der Waals surface area contributed by atoms with Gasteiger partial charge in [0.05, 0.1) is 47.3 Å². The fraction of sp³-hybridized carbons (Fsp3) is 0.250. The smallest absolute Gasteiger partial charge is 0.252 e.